The number of ether oxygens (including phenoxy) is 1. The van der Waals surface area contributed by atoms with Crippen LogP contribution in [-0.2, 0) is 9.53 Å². The van der Waals surface area contributed by atoms with Gasteiger partial charge in [-0.05, 0) is 55.3 Å². The van der Waals surface area contributed by atoms with Crippen LogP contribution in [0.5, 0.6) is 0 Å². The molecule has 1 N–H and O–H groups in total. The van der Waals surface area contributed by atoms with Gasteiger partial charge in [0.25, 0.3) is 5.91 Å². The van der Waals surface area contributed by atoms with Crippen LogP contribution in [-0.4, -0.2) is 19.0 Å². The second kappa shape index (κ2) is 13.0. The average Bonchev–Trinajstić information content (AvgIpc) is 3.26. The van der Waals surface area contributed by atoms with E-state index in [9.17, 15) is 9.59 Å². The normalized spacial score (nSPS) is 11.1. The van der Waals surface area contributed by atoms with Crippen LogP contribution in [0, 0.1) is 0 Å². The summed E-state index contributed by atoms with van der Waals surface area (Å²) in [4.78, 5) is 22.4. The predicted molar refractivity (Wildman–Crippen MR) is 121 cm³/mol. The van der Waals surface area contributed by atoms with Crippen LogP contribution in [0.25, 0.3) is 11.3 Å². The number of benzene rings is 1. The molecule has 0 aliphatic heterocycles. The fourth-order valence-corrected chi connectivity index (χ4v) is 2.43. The maximum Gasteiger partial charge on any atom is 0.309 e. The standard InChI is InChI=1S/C17H19NO2.C8H12O2/c1-4-10-18-17(19)16-9-8-15(20-16)14-7-5-6-13(11-14)12(2)3;1-4-7(5-2)6-8(9)10-3/h4-12H,1-3H3,(H,18,19);4-5H,1,6H2,2-3H3/b10-4+;7-5+. The van der Waals surface area contributed by atoms with Crippen LogP contribution < -0.4 is 5.32 Å². The lowest BCUT2D eigenvalue weighted by Gasteiger charge is -2.06. The fourth-order valence-electron chi connectivity index (χ4n) is 2.43. The molecule has 0 bridgehead atoms. The summed E-state index contributed by atoms with van der Waals surface area (Å²) >= 11 is 0. The third kappa shape index (κ3) is 7.95. The summed E-state index contributed by atoms with van der Waals surface area (Å²) in [7, 11) is 1.37. The molecule has 5 heteroatoms. The molecule has 5 nitrogen and oxygen atoms in total. The van der Waals surface area contributed by atoms with E-state index in [0.717, 1.165) is 11.1 Å². The molecule has 0 fully saturated rings. The average molecular weight is 410 g/mol. The van der Waals surface area contributed by atoms with E-state index in [1.807, 2.05) is 38.1 Å². The first-order chi connectivity index (χ1) is 14.4. The number of amides is 1. The minimum Gasteiger partial charge on any atom is -0.469 e. The Bertz CT molecular complexity index is 903. The first-order valence-corrected chi connectivity index (χ1v) is 9.82. The number of carbonyl (C=O) groups is 2. The van der Waals surface area contributed by atoms with Crippen LogP contribution in [0.3, 0.4) is 0 Å². The van der Waals surface area contributed by atoms with E-state index in [1.54, 1.807) is 24.4 Å². The van der Waals surface area contributed by atoms with E-state index >= 15 is 0 Å². The molecular formula is C25H31NO4. The molecule has 0 unspecified atom stereocenters. The van der Waals surface area contributed by atoms with Gasteiger partial charge in [0.15, 0.2) is 5.76 Å². The molecule has 0 saturated carbocycles. The molecule has 0 radical (unpaired) electrons. The summed E-state index contributed by atoms with van der Waals surface area (Å²) in [6.07, 6.45) is 7.15. The zero-order valence-electron chi connectivity index (χ0n) is 18.4. The van der Waals surface area contributed by atoms with Crippen molar-refractivity contribution in [3.8, 4) is 11.3 Å². The van der Waals surface area contributed by atoms with Gasteiger partial charge in [-0.1, -0.05) is 56.9 Å². The van der Waals surface area contributed by atoms with Gasteiger partial charge in [-0.25, -0.2) is 0 Å². The third-order valence-corrected chi connectivity index (χ3v) is 4.26. The number of hydrogen-bond acceptors (Lipinski definition) is 4. The summed E-state index contributed by atoms with van der Waals surface area (Å²) < 4.78 is 10.1. The van der Waals surface area contributed by atoms with Crippen LogP contribution in [0.4, 0.5) is 0 Å². The number of carbonyl (C=O) groups excluding carboxylic acids is 2. The van der Waals surface area contributed by atoms with E-state index in [4.69, 9.17) is 4.42 Å². The summed E-state index contributed by atoms with van der Waals surface area (Å²) in [6.45, 7) is 11.5. The van der Waals surface area contributed by atoms with E-state index in [0.29, 0.717) is 23.9 Å². The first-order valence-electron chi connectivity index (χ1n) is 9.82. The van der Waals surface area contributed by atoms with Gasteiger partial charge in [-0.2, -0.15) is 0 Å². The Kier molecular flexibility index (Phi) is 10.7. The number of hydrogen-bond donors (Lipinski definition) is 1. The topological polar surface area (TPSA) is 68.5 Å². The third-order valence-electron chi connectivity index (χ3n) is 4.26. The van der Waals surface area contributed by atoms with Gasteiger partial charge in [-0.3, -0.25) is 9.59 Å². The lowest BCUT2D eigenvalue weighted by atomic mass is 10.0. The molecule has 0 aliphatic rings. The van der Waals surface area contributed by atoms with Crippen LogP contribution >= 0.6 is 0 Å². The molecular weight excluding hydrogens is 378 g/mol. The van der Waals surface area contributed by atoms with Crippen LogP contribution in [0.2, 0.25) is 0 Å². The maximum absolute atomic E-state index is 11.8. The lowest BCUT2D eigenvalue weighted by Crippen LogP contribution is -2.15. The number of allylic oxidation sites excluding steroid dienone is 3. The molecule has 0 spiro atoms. The minimum absolute atomic E-state index is 0.229. The molecule has 2 aromatic rings. The van der Waals surface area contributed by atoms with Gasteiger partial charge in [-0.15, -0.1) is 0 Å². The molecule has 160 valence electrons. The number of rotatable bonds is 7. The highest BCUT2D eigenvalue weighted by atomic mass is 16.5. The van der Waals surface area contributed by atoms with E-state index < -0.39 is 0 Å². The smallest absolute Gasteiger partial charge is 0.309 e. The zero-order valence-corrected chi connectivity index (χ0v) is 18.4. The number of nitrogens with one attached hydrogen (secondary N) is 1. The Balaban J connectivity index is 0.000000382. The number of furan rings is 1. The summed E-state index contributed by atoms with van der Waals surface area (Å²) in [5.41, 5.74) is 3.13. The summed E-state index contributed by atoms with van der Waals surface area (Å²) in [5, 5.41) is 2.63. The highest BCUT2D eigenvalue weighted by Crippen LogP contribution is 2.25. The van der Waals surface area contributed by atoms with E-state index in [1.165, 1.54) is 12.7 Å². The van der Waals surface area contributed by atoms with Gasteiger partial charge in [0.1, 0.15) is 5.76 Å². The number of methoxy groups -OCH3 is 1. The van der Waals surface area contributed by atoms with E-state index in [-0.39, 0.29) is 11.9 Å². The van der Waals surface area contributed by atoms with Crippen molar-refractivity contribution in [2.24, 2.45) is 0 Å². The van der Waals surface area contributed by atoms with Gasteiger partial charge < -0.3 is 14.5 Å². The molecule has 1 aromatic heterocycles. The van der Waals surface area contributed by atoms with Crippen molar-refractivity contribution < 1.29 is 18.7 Å². The second-order valence-corrected chi connectivity index (χ2v) is 6.74. The quantitative estimate of drug-likeness (QED) is 0.449. The molecule has 30 heavy (non-hydrogen) atoms. The zero-order chi connectivity index (χ0) is 22.5. The van der Waals surface area contributed by atoms with Gasteiger partial charge in [0.05, 0.1) is 13.5 Å². The summed E-state index contributed by atoms with van der Waals surface area (Å²) in [5.74, 6) is 1.01. The first kappa shape index (κ1) is 24.7. The molecule has 0 saturated heterocycles. The van der Waals surface area contributed by atoms with Crippen molar-refractivity contribution in [2.45, 2.75) is 40.0 Å². The fraction of sp³-hybridized carbons (Fsp3) is 0.280. The van der Waals surface area contributed by atoms with Crippen molar-refractivity contribution in [3.63, 3.8) is 0 Å². The molecule has 1 amide bonds. The Hall–Kier alpha value is -3.34. The Morgan fingerprint density at radius 2 is 1.93 bits per heavy atom. The van der Waals surface area contributed by atoms with Crippen LogP contribution in [0.1, 0.15) is 56.2 Å². The molecule has 0 atom stereocenters. The largest absolute Gasteiger partial charge is 0.469 e. The molecule has 1 heterocycles. The van der Waals surface area contributed by atoms with Gasteiger partial charge in [0.2, 0.25) is 0 Å². The van der Waals surface area contributed by atoms with Gasteiger partial charge >= 0.3 is 5.97 Å². The highest BCUT2D eigenvalue weighted by molar-refractivity contribution is 5.92. The Morgan fingerprint density at radius 3 is 2.50 bits per heavy atom. The molecule has 0 aliphatic carbocycles. The van der Waals surface area contributed by atoms with E-state index in [2.05, 4.69) is 42.6 Å². The Labute approximate surface area is 179 Å². The van der Waals surface area contributed by atoms with Gasteiger partial charge in [0, 0.05) is 5.56 Å². The predicted octanol–water partition coefficient (Wildman–Crippen LogP) is 6.02. The van der Waals surface area contributed by atoms with Crippen molar-refractivity contribution in [1.29, 1.82) is 0 Å². The number of esters is 1. The van der Waals surface area contributed by atoms with Crippen LogP contribution in [0.15, 0.2) is 77.4 Å². The summed E-state index contributed by atoms with van der Waals surface area (Å²) in [6, 6.07) is 11.7. The maximum atomic E-state index is 11.8. The second-order valence-electron chi connectivity index (χ2n) is 6.74. The van der Waals surface area contributed by atoms with Crippen molar-refractivity contribution in [1.82, 2.24) is 5.32 Å². The monoisotopic (exact) mass is 409 g/mol. The SMILES string of the molecule is C/C=C/NC(=O)c1ccc(-c2cccc(C(C)C)c2)o1.C=C/C(=C\C)CC(=O)OC. The molecule has 2 rings (SSSR count). The van der Waals surface area contributed by atoms with Crippen molar-refractivity contribution >= 4 is 11.9 Å². The minimum atomic E-state index is -0.241. The van der Waals surface area contributed by atoms with Crippen molar-refractivity contribution in [2.75, 3.05) is 7.11 Å². The Morgan fingerprint density at radius 1 is 1.20 bits per heavy atom. The molecule has 1 aromatic carbocycles. The highest BCUT2D eigenvalue weighted by Gasteiger charge is 2.11. The lowest BCUT2D eigenvalue weighted by molar-refractivity contribution is -0.139. The van der Waals surface area contributed by atoms with Crippen molar-refractivity contribution in [3.05, 3.63) is 84.3 Å².